The number of rotatable bonds is 4. The zero-order valence-electron chi connectivity index (χ0n) is 8.29. The minimum absolute atomic E-state index is 0.0352. The molecule has 1 aromatic carbocycles. The lowest BCUT2D eigenvalue weighted by Gasteiger charge is -2.12. The average Bonchev–Trinajstić information content (AvgIpc) is 2.15. The third kappa shape index (κ3) is 2.74. The van der Waals surface area contributed by atoms with Gasteiger partial charge in [0, 0.05) is 11.6 Å². The van der Waals surface area contributed by atoms with Gasteiger partial charge in [0.2, 0.25) is 0 Å². The van der Waals surface area contributed by atoms with Gasteiger partial charge < -0.3 is 10.5 Å². The van der Waals surface area contributed by atoms with Gasteiger partial charge in [-0.1, -0.05) is 25.1 Å². The third-order valence-electron chi connectivity index (χ3n) is 1.87. The van der Waals surface area contributed by atoms with Crippen LogP contribution in [0.25, 0.3) is 0 Å². The Balaban J connectivity index is 2.78. The van der Waals surface area contributed by atoms with Crippen molar-refractivity contribution in [2.45, 2.75) is 26.3 Å². The molecule has 0 aliphatic carbocycles. The van der Waals surface area contributed by atoms with Crippen molar-refractivity contribution in [2.24, 2.45) is 5.73 Å². The van der Waals surface area contributed by atoms with Crippen LogP contribution in [0.1, 0.15) is 31.9 Å². The Kier molecular flexibility index (Phi) is 3.77. The maximum Gasteiger partial charge on any atom is 0.124 e. The number of hydrogen-bond acceptors (Lipinski definition) is 2. The molecule has 1 rings (SSSR count). The minimum atomic E-state index is 0.0352. The molecule has 1 unspecified atom stereocenters. The highest BCUT2D eigenvalue weighted by Gasteiger charge is 2.05. The molecule has 0 aliphatic heterocycles. The van der Waals surface area contributed by atoms with E-state index in [0.29, 0.717) is 0 Å². The highest BCUT2D eigenvalue weighted by molar-refractivity contribution is 5.35. The molecule has 2 N–H and O–H groups in total. The molecular weight excluding hydrogens is 162 g/mol. The van der Waals surface area contributed by atoms with Gasteiger partial charge in [-0.2, -0.15) is 0 Å². The lowest BCUT2D eigenvalue weighted by molar-refractivity contribution is 0.312. The van der Waals surface area contributed by atoms with Crippen LogP contribution in [-0.4, -0.2) is 6.61 Å². The SMILES string of the molecule is CCCOc1ccccc1C(C)N. The molecule has 0 radical (unpaired) electrons. The normalized spacial score (nSPS) is 12.5. The number of hydrogen-bond donors (Lipinski definition) is 1. The highest BCUT2D eigenvalue weighted by Crippen LogP contribution is 2.22. The zero-order chi connectivity index (χ0) is 9.68. The van der Waals surface area contributed by atoms with Gasteiger partial charge >= 0.3 is 0 Å². The van der Waals surface area contributed by atoms with E-state index in [1.54, 1.807) is 0 Å². The van der Waals surface area contributed by atoms with Gasteiger partial charge in [0.25, 0.3) is 0 Å². The Labute approximate surface area is 79.7 Å². The molecule has 0 heterocycles. The molecule has 0 spiro atoms. The minimum Gasteiger partial charge on any atom is -0.493 e. The second-order valence-corrected chi connectivity index (χ2v) is 3.17. The molecular formula is C11H17NO. The number of benzene rings is 1. The molecule has 0 aromatic heterocycles. The van der Waals surface area contributed by atoms with Crippen LogP contribution in [0.4, 0.5) is 0 Å². The predicted molar refractivity (Wildman–Crippen MR) is 54.8 cm³/mol. The molecule has 2 nitrogen and oxygen atoms in total. The molecule has 0 saturated heterocycles. The summed E-state index contributed by atoms with van der Waals surface area (Å²) in [5.74, 6) is 0.916. The standard InChI is InChI=1S/C11H17NO/c1-3-8-13-11-7-5-4-6-10(11)9(2)12/h4-7,9H,3,8,12H2,1-2H3. The van der Waals surface area contributed by atoms with Gasteiger partial charge in [-0.3, -0.25) is 0 Å². The first-order chi connectivity index (χ1) is 6.25. The van der Waals surface area contributed by atoms with Crippen LogP contribution in [0.15, 0.2) is 24.3 Å². The van der Waals surface area contributed by atoms with E-state index >= 15 is 0 Å². The summed E-state index contributed by atoms with van der Waals surface area (Å²) in [6.45, 7) is 4.81. The second-order valence-electron chi connectivity index (χ2n) is 3.17. The first-order valence-corrected chi connectivity index (χ1v) is 4.73. The third-order valence-corrected chi connectivity index (χ3v) is 1.87. The van der Waals surface area contributed by atoms with Gasteiger partial charge in [0.15, 0.2) is 0 Å². The van der Waals surface area contributed by atoms with Crippen LogP contribution in [0, 0.1) is 0 Å². The quantitative estimate of drug-likeness (QED) is 0.770. The molecule has 2 heteroatoms. The molecule has 0 bridgehead atoms. The summed E-state index contributed by atoms with van der Waals surface area (Å²) in [6, 6.07) is 7.96. The van der Waals surface area contributed by atoms with E-state index in [4.69, 9.17) is 10.5 Å². The molecule has 1 atom stereocenters. The van der Waals surface area contributed by atoms with Crippen LogP contribution >= 0.6 is 0 Å². The van der Waals surface area contributed by atoms with Crippen molar-refractivity contribution in [3.05, 3.63) is 29.8 Å². The topological polar surface area (TPSA) is 35.2 Å². The number of nitrogens with two attached hydrogens (primary N) is 1. The maximum atomic E-state index is 5.81. The molecule has 13 heavy (non-hydrogen) atoms. The van der Waals surface area contributed by atoms with Crippen molar-refractivity contribution in [1.82, 2.24) is 0 Å². The average molecular weight is 179 g/mol. The van der Waals surface area contributed by atoms with E-state index in [1.807, 2.05) is 31.2 Å². The highest BCUT2D eigenvalue weighted by atomic mass is 16.5. The second kappa shape index (κ2) is 4.87. The lowest BCUT2D eigenvalue weighted by atomic mass is 10.1. The van der Waals surface area contributed by atoms with Gasteiger partial charge in [0.05, 0.1) is 6.61 Å². The van der Waals surface area contributed by atoms with E-state index in [2.05, 4.69) is 6.92 Å². The smallest absolute Gasteiger partial charge is 0.124 e. The first kappa shape index (κ1) is 10.1. The van der Waals surface area contributed by atoms with Gasteiger partial charge in [-0.25, -0.2) is 0 Å². The Morgan fingerprint density at radius 2 is 2.08 bits per heavy atom. The molecule has 72 valence electrons. The van der Waals surface area contributed by atoms with Crippen LogP contribution in [-0.2, 0) is 0 Å². The molecule has 0 saturated carbocycles. The summed E-state index contributed by atoms with van der Waals surface area (Å²) in [6.07, 6.45) is 1.02. The Morgan fingerprint density at radius 1 is 1.38 bits per heavy atom. The molecule has 1 aromatic rings. The van der Waals surface area contributed by atoms with E-state index in [0.717, 1.165) is 24.3 Å². The monoisotopic (exact) mass is 179 g/mol. The summed E-state index contributed by atoms with van der Waals surface area (Å²) in [4.78, 5) is 0. The van der Waals surface area contributed by atoms with Crippen LogP contribution in [0.5, 0.6) is 5.75 Å². The Hall–Kier alpha value is -1.02. The number of para-hydroxylation sites is 1. The van der Waals surface area contributed by atoms with Gasteiger partial charge in [-0.15, -0.1) is 0 Å². The van der Waals surface area contributed by atoms with Crippen molar-refractivity contribution in [2.75, 3.05) is 6.61 Å². The molecule has 0 aliphatic rings. The fourth-order valence-corrected chi connectivity index (χ4v) is 1.20. The van der Waals surface area contributed by atoms with E-state index in [9.17, 15) is 0 Å². The van der Waals surface area contributed by atoms with Gasteiger partial charge in [-0.05, 0) is 19.4 Å². The van der Waals surface area contributed by atoms with Crippen molar-refractivity contribution in [3.63, 3.8) is 0 Å². The van der Waals surface area contributed by atoms with E-state index in [-0.39, 0.29) is 6.04 Å². The fourth-order valence-electron chi connectivity index (χ4n) is 1.20. The summed E-state index contributed by atoms with van der Waals surface area (Å²) in [7, 11) is 0. The van der Waals surface area contributed by atoms with Crippen molar-refractivity contribution >= 4 is 0 Å². The van der Waals surface area contributed by atoms with Crippen molar-refractivity contribution < 1.29 is 4.74 Å². The summed E-state index contributed by atoms with van der Waals surface area (Å²) >= 11 is 0. The summed E-state index contributed by atoms with van der Waals surface area (Å²) < 4.78 is 5.57. The van der Waals surface area contributed by atoms with E-state index < -0.39 is 0 Å². The number of ether oxygens (including phenoxy) is 1. The molecule has 0 fully saturated rings. The predicted octanol–water partition coefficient (Wildman–Crippen LogP) is 2.50. The first-order valence-electron chi connectivity index (χ1n) is 4.73. The maximum absolute atomic E-state index is 5.81. The van der Waals surface area contributed by atoms with Crippen LogP contribution in [0.3, 0.4) is 0 Å². The van der Waals surface area contributed by atoms with Crippen LogP contribution < -0.4 is 10.5 Å². The van der Waals surface area contributed by atoms with E-state index in [1.165, 1.54) is 0 Å². The van der Waals surface area contributed by atoms with Gasteiger partial charge in [0.1, 0.15) is 5.75 Å². The van der Waals surface area contributed by atoms with Crippen molar-refractivity contribution in [3.8, 4) is 5.75 Å². The van der Waals surface area contributed by atoms with Crippen molar-refractivity contribution in [1.29, 1.82) is 0 Å². The van der Waals surface area contributed by atoms with Crippen LogP contribution in [0.2, 0.25) is 0 Å². The Bertz CT molecular complexity index is 258. The summed E-state index contributed by atoms with van der Waals surface area (Å²) in [5.41, 5.74) is 6.89. The largest absolute Gasteiger partial charge is 0.493 e. The fraction of sp³-hybridized carbons (Fsp3) is 0.455. The lowest BCUT2D eigenvalue weighted by Crippen LogP contribution is -2.08. The summed E-state index contributed by atoms with van der Waals surface area (Å²) in [5, 5.41) is 0. The Morgan fingerprint density at radius 3 is 2.69 bits per heavy atom. The zero-order valence-corrected chi connectivity index (χ0v) is 8.29. The molecule has 0 amide bonds.